The summed E-state index contributed by atoms with van der Waals surface area (Å²) in [6.07, 6.45) is 8.70. The van der Waals surface area contributed by atoms with Gasteiger partial charge in [0.15, 0.2) is 0 Å². The van der Waals surface area contributed by atoms with Gasteiger partial charge >= 0.3 is 0 Å². The molecule has 2 aromatic heterocycles. The first-order valence-electron chi connectivity index (χ1n) is 8.75. The van der Waals surface area contributed by atoms with Crippen LogP contribution in [0.2, 0.25) is 0 Å². The minimum absolute atomic E-state index is 0.973. The van der Waals surface area contributed by atoms with Crippen molar-refractivity contribution in [3.8, 4) is 0 Å². The van der Waals surface area contributed by atoms with Gasteiger partial charge in [0.05, 0.1) is 0 Å². The molecule has 0 atom stereocenters. The summed E-state index contributed by atoms with van der Waals surface area (Å²) in [5.41, 5.74) is 7.01. The molecule has 0 fully saturated rings. The fraction of sp³-hybridized carbons (Fsp3) is 0.400. The van der Waals surface area contributed by atoms with Gasteiger partial charge in [0.25, 0.3) is 0 Å². The van der Waals surface area contributed by atoms with Crippen LogP contribution in [0.1, 0.15) is 22.4 Å². The summed E-state index contributed by atoms with van der Waals surface area (Å²) in [4.78, 5) is 10.7. The van der Waals surface area contributed by atoms with Crippen LogP contribution in [-0.2, 0) is 25.8 Å². The average molecular weight is 320 g/mol. The standard InChI is InChI=1S/C20H24N4/c1-15-3-4-19-18(11-15)17-6-8-23(2)9-7-20(17)24(19)10-5-16-12-21-14-22-13-16/h3-4,11-14H,5-10H2,1-2H3. The molecule has 1 aliphatic heterocycles. The fourth-order valence-corrected chi connectivity index (χ4v) is 3.82. The summed E-state index contributed by atoms with van der Waals surface area (Å²) in [6.45, 7) is 5.46. The number of aromatic nitrogens is 3. The minimum Gasteiger partial charge on any atom is -0.344 e. The lowest BCUT2D eigenvalue weighted by Gasteiger charge is -2.14. The maximum Gasteiger partial charge on any atom is 0.115 e. The van der Waals surface area contributed by atoms with E-state index in [9.17, 15) is 0 Å². The van der Waals surface area contributed by atoms with Gasteiger partial charge in [0, 0.05) is 55.0 Å². The molecule has 4 rings (SSSR count). The Bertz CT molecular complexity index is 851. The lowest BCUT2D eigenvalue weighted by atomic mass is 10.1. The highest BCUT2D eigenvalue weighted by Crippen LogP contribution is 2.30. The van der Waals surface area contributed by atoms with Gasteiger partial charge in [-0.15, -0.1) is 0 Å². The van der Waals surface area contributed by atoms with Gasteiger partial charge in [-0.1, -0.05) is 11.6 Å². The predicted molar refractivity (Wildman–Crippen MR) is 97.3 cm³/mol. The van der Waals surface area contributed by atoms with Crippen LogP contribution < -0.4 is 0 Å². The third kappa shape index (κ3) is 2.82. The zero-order valence-electron chi connectivity index (χ0n) is 14.5. The molecule has 0 unspecified atom stereocenters. The van der Waals surface area contributed by atoms with Crippen molar-refractivity contribution in [2.45, 2.75) is 32.7 Å². The van der Waals surface area contributed by atoms with Crippen molar-refractivity contribution in [1.82, 2.24) is 19.4 Å². The third-order valence-corrected chi connectivity index (χ3v) is 5.15. The maximum atomic E-state index is 4.14. The van der Waals surface area contributed by atoms with Crippen molar-refractivity contribution in [3.05, 3.63) is 59.3 Å². The van der Waals surface area contributed by atoms with Gasteiger partial charge in [-0.2, -0.15) is 0 Å². The van der Waals surface area contributed by atoms with Gasteiger partial charge in [-0.05, 0) is 50.1 Å². The van der Waals surface area contributed by atoms with E-state index in [2.05, 4.69) is 51.6 Å². The molecule has 0 saturated carbocycles. The summed E-state index contributed by atoms with van der Waals surface area (Å²) in [6, 6.07) is 6.89. The second-order valence-corrected chi connectivity index (χ2v) is 6.90. The largest absolute Gasteiger partial charge is 0.344 e. The normalized spacial score (nSPS) is 15.4. The monoisotopic (exact) mass is 320 g/mol. The van der Waals surface area contributed by atoms with E-state index in [0.717, 1.165) is 38.9 Å². The van der Waals surface area contributed by atoms with Crippen molar-refractivity contribution < 1.29 is 0 Å². The van der Waals surface area contributed by atoms with E-state index in [1.54, 1.807) is 11.9 Å². The number of nitrogens with zero attached hydrogens (tertiary/aromatic N) is 4. The summed E-state index contributed by atoms with van der Waals surface area (Å²) in [5, 5.41) is 1.45. The van der Waals surface area contributed by atoms with Crippen molar-refractivity contribution in [2.75, 3.05) is 20.1 Å². The first-order chi connectivity index (χ1) is 11.7. The van der Waals surface area contributed by atoms with E-state index >= 15 is 0 Å². The van der Waals surface area contributed by atoms with Crippen molar-refractivity contribution in [2.24, 2.45) is 0 Å². The first-order valence-corrected chi connectivity index (χ1v) is 8.75. The molecule has 1 aromatic carbocycles. The zero-order valence-corrected chi connectivity index (χ0v) is 14.5. The van der Waals surface area contributed by atoms with E-state index in [4.69, 9.17) is 0 Å². The molecule has 4 nitrogen and oxygen atoms in total. The third-order valence-electron chi connectivity index (χ3n) is 5.15. The number of rotatable bonds is 3. The van der Waals surface area contributed by atoms with Crippen molar-refractivity contribution in [1.29, 1.82) is 0 Å². The Hall–Kier alpha value is -2.20. The van der Waals surface area contributed by atoms with E-state index in [-0.39, 0.29) is 0 Å². The highest BCUT2D eigenvalue weighted by Gasteiger charge is 2.20. The van der Waals surface area contributed by atoms with E-state index < -0.39 is 0 Å². The second kappa shape index (κ2) is 6.36. The minimum atomic E-state index is 0.973. The molecule has 0 bridgehead atoms. The van der Waals surface area contributed by atoms with Crippen LogP contribution in [0.15, 0.2) is 36.9 Å². The summed E-state index contributed by atoms with van der Waals surface area (Å²) in [5.74, 6) is 0. The number of benzene rings is 1. The molecule has 3 heterocycles. The van der Waals surface area contributed by atoms with Crippen molar-refractivity contribution >= 4 is 10.9 Å². The van der Waals surface area contributed by atoms with E-state index in [1.165, 1.54) is 27.7 Å². The molecule has 0 radical (unpaired) electrons. The lowest BCUT2D eigenvalue weighted by molar-refractivity contribution is 0.351. The van der Waals surface area contributed by atoms with Gasteiger partial charge in [0.1, 0.15) is 6.33 Å². The Morgan fingerprint density at radius 3 is 2.71 bits per heavy atom. The van der Waals surface area contributed by atoms with Crippen LogP contribution >= 0.6 is 0 Å². The number of hydrogen-bond donors (Lipinski definition) is 0. The van der Waals surface area contributed by atoms with Crippen LogP contribution in [0.4, 0.5) is 0 Å². The van der Waals surface area contributed by atoms with Gasteiger partial charge in [0.2, 0.25) is 0 Å². The Labute approximate surface area is 143 Å². The van der Waals surface area contributed by atoms with E-state index in [0.29, 0.717) is 0 Å². The molecule has 1 aliphatic rings. The molecule has 0 aliphatic carbocycles. The van der Waals surface area contributed by atoms with Crippen LogP contribution in [0, 0.1) is 6.92 Å². The second-order valence-electron chi connectivity index (χ2n) is 6.90. The molecule has 3 aromatic rings. The zero-order chi connectivity index (χ0) is 16.5. The summed E-state index contributed by atoms with van der Waals surface area (Å²) in [7, 11) is 2.23. The quantitative estimate of drug-likeness (QED) is 0.744. The Balaban J connectivity index is 1.76. The lowest BCUT2D eigenvalue weighted by Crippen LogP contribution is -2.21. The topological polar surface area (TPSA) is 34.0 Å². The molecular formula is C20H24N4. The molecule has 0 spiro atoms. The number of fused-ring (bicyclic) bond motifs is 3. The van der Waals surface area contributed by atoms with Crippen LogP contribution in [0.25, 0.3) is 10.9 Å². The highest BCUT2D eigenvalue weighted by molar-refractivity contribution is 5.86. The maximum absolute atomic E-state index is 4.14. The summed E-state index contributed by atoms with van der Waals surface area (Å²) < 4.78 is 2.54. The summed E-state index contributed by atoms with van der Waals surface area (Å²) >= 11 is 0. The average Bonchev–Trinajstić information content (AvgIpc) is 2.74. The molecule has 124 valence electrons. The molecule has 0 N–H and O–H groups in total. The molecule has 0 saturated heterocycles. The van der Waals surface area contributed by atoms with Gasteiger partial charge in [-0.25, -0.2) is 9.97 Å². The predicted octanol–water partition coefficient (Wildman–Crippen LogP) is 3.01. The van der Waals surface area contributed by atoms with Crippen LogP contribution in [-0.4, -0.2) is 39.6 Å². The van der Waals surface area contributed by atoms with Crippen LogP contribution in [0.3, 0.4) is 0 Å². The Kier molecular flexibility index (Phi) is 4.07. The Morgan fingerprint density at radius 2 is 1.88 bits per heavy atom. The molecule has 0 amide bonds. The molecule has 24 heavy (non-hydrogen) atoms. The number of aryl methyl sites for hydroxylation is 3. The molecule has 4 heteroatoms. The van der Waals surface area contributed by atoms with E-state index in [1.807, 2.05) is 12.4 Å². The smallest absolute Gasteiger partial charge is 0.115 e. The Morgan fingerprint density at radius 1 is 1.08 bits per heavy atom. The first kappa shape index (κ1) is 15.3. The van der Waals surface area contributed by atoms with Crippen molar-refractivity contribution in [3.63, 3.8) is 0 Å². The van der Waals surface area contributed by atoms with Gasteiger partial charge in [-0.3, -0.25) is 0 Å². The fourth-order valence-electron chi connectivity index (χ4n) is 3.82. The number of likely N-dealkylation sites (N-methyl/N-ethyl adjacent to an activating group) is 1. The van der Waals surface area contributed by atoms with Crippen LogP contribution in [0.5, 0.6) is 0 Å². The van der Waals surface area contributed by atoms with Gasteiger partial charge < -0.3 is 9.47 Å². The highest BCUT2D eigenvalue weighted by atomic mass is 15.1. The molecular weight excluding hydrogens is 296 g/mol. The number of hydrogen-bond acceptors (Lipinski definition) is 3. The SMILES string of the molecule is Cc1ccc2c(c1)c1c(n2CCc2cncnc2)CCN(C)CC1.